The number of carbonyl (C=O) groups is 1. The highest BCUT2D eigenvalue weighted by Gasteiger charge is 2.29. The topological polar surface area (TPSA) is 100 Å². The Morgan fingerprint density at radius 1 is 1.18 bits per heavy atom. The highest BCUT2D eigenvalue weighted by molar-refractivity contribution is 8.24. The van der Waals surface area contributed by atoms with Crippen LogP contribution < -0.4 is 5.32 Å². The first kappa shape index (κ1) is 21.8. The van der Waals surface area contributed by atoms with Crippen molar-refractivity contribution in [2.75, 3.05) is 11.5 Å². The number of nitrogens with zero attached hydrogens (tertiary/aromatic N) is 3. The highest BCUT2D eigenvalue weighted by Crippen LogP contribution is 2.45. The van der Waals surface area contributed by atoms with Crippen LogP contribution in [0.2, 0.25) is 5.15 Å². The zero-order valence-corrected chi connectivity index (χ0v) is 18.9. The fourth-order valence-electron chi connectivity index (χ4n) is 4.00. The Bertz CT molecular complexity index is 1360. The van der Waals surface area contributed by atoms with Crippen molar-refractivity contribution < 1.29 is 18.3 Å². The number of rotatable bonds is 4. The molecule has 3 N–H and O–H groups in total. The summed E-state index contributed by atoms with van der Waals surface area (Å²) in [4.78, 5) is 17.0. The molecule has 1 aliphatic heterocycles. The summed E-state index contributed by atoms with van der Waals surface area (Å²) in [6, 6.07) is 14.4. The first-order valence-corrected chi connectivity index (χ1v) is 12.5. The fraction of sp³-hybridized carbons (Fsp3) is 0.174. The van der Waals surface area contributed by atoms with E-state index in [1.54, 1.807) is 47.3 Å². The van der Waals surface area contributed by atoms with Crippen molar-refractivity contribution in [1.29, 1.82) is 0 Å². The lowest BCUT2D eigenvalue weighted by Gasteiger charge is -2.26. The number of carbonyl (C=O) groups excluding carboxylic acids is 1. The summed E-state index contributed by atoms with van der Waals surface area (Å²) in [6.45, 7) is 0. The molecule has 33 heavy (non-hydrogen) atoms. The maximum atomic E-state index is 13.5. The van der Waals surface area contributed by atoms with Crippen molar-refractivity contribution in [1.82, 2.24) is 20.1 Å². The van der Waals surface area contributed by atoms with E-state index in [9.17, 15) is 18.3 Å². The van der Waals surface area contributed by atoms with Crippen LogP contribution in [0, 0.1) is 5.82 Å². The van der Waals surface area contributed by atoms with Gasteiger partial charge in [0.15, 0.2) is 0 Å². The number of fused-ring (bicyclic) bond motifs is 1. The molecule has 1 aliphatic rings. The smallest absolute Gasteiger partial charge is 0.251 e. The number of aromatic nitrogens is 3. The average Bonchev–Trinajstić information content (AvgIpc) is 3.33. The Balaban J connectivity index is 1.59. The van der Waals surface area contributed by atoms with Crippen LogP contribution in [-0.2, 0) is 0 Å². The third-order valence-electron chi connectivity index (χ3n) is 5.63. The quantitative estimate of drug-likeness (QED) is 0.347. The van der Waals surface area contributed by atoms with Crippen LogP contribution in [0.25, 0.3) is 27.8 Å². The fourth-order valence-corrected chi connectivity index (χ4v) is 5.93. The maximum absolute atomic E-state index is 13.5. The van der Waals surface area contributed by atoms with Crippen LogP contribution >= 0.6 is 22.2 Å². The van der Waals surface area contributed by atoms with Crippen molar-refractivity contribution in [2.24, 2.45) is 0 Å². The van der Waals surface area contributed by atoms with E-state index < -0.39 is 10.6 Å². The summed E-state index contributed by atoms with van der Waals surface area (Å²) in [5.41, 5.74) is 2.88. The predicted octanol–water partition coefficient (Wildman–Crippen LogP) is 5.13. The third-order valence-corrected chi connectivity index (χ3v) is 7.75. The van der Waals surface area contributed by atoms with E-state index in [0.717, 1.165) is 5.39 Å². The van der Waals surface area contributed by atoms with Crippen LogP contribution in [0.1, 0.15) is 16.8 Å². The molecule has 2 aromatic heterocycles. The van der Waals surface area contributed by atoms with Gasteiger partial charge in [-0.3, -0.25) is 13.9 Å². The molecule has 1 fully saturated rings. The predicted molar refractivity (Wildman–Crippen MR) is 128 cm³/mol. The Kier molecular flexibility index (Phi) is 5.57. The standard InChI is InChI=1S/C23H20ClFN4O3S/c24-22-19(2-1-10-26-22)21-18-8-3-14(23(30)27-16-9-11-33(31,32)13-16)12-20(18)29(28-21)17-6-4-15(25)5-7-17/h1-8,10,12,16,31-32H,9,11,13H2,(H,27,30). The van der Waals surface area contributed by atoms with Gasteiger partial charge in [0.25, 0.3) is 5.91 Å². The largest absolute Gasteiger partial charge is 0.348 e. The molecule has 10 heteroatoms. The Hall–Kier alpha value is -2.98. The SMILES string of the molecule is O=C(NC1CCS(O)(O)C1)c1ccc2c(-c3cccnc3Cl)nn(-c3ccc(F)cc3)c2c1. The lowest BCUT2D eigenvalue weighted by Crippen LogP contribution is -2.35. The van der Waals surface area contributed by atoms with Crippen LogP contribution in [0.3, 0.4) is 0 Å². The Labute approximate surface area is 195 Å². The van der Waals surface area contributed by atoms with Gasteiger partial charge < -0.3 is 5.32 Å². The van der Waals surface area contributed by atoms with Crippen LogP contribution in [0.5, 0.6) is 0 Å². The third kappa shape index (κ3) is 4.32. The minimum atomic E-state index is -2.61. The average molecular weight is 487 g/mol. The molecule has 2 aromatic carbocycles. The zero-order chi connectivity index (χ0) is 23.2. The first-order valence-electron chi connectivity index (χ1n) is 10.2. The molecular weight excluding hydrogens is 467 g/mol. The summed E-state index contributed by atoms with van der Waals surface area (Å²) < 4.78 is 34.8. The van der Waals surface area contributed by atoms with Gasteiger partial charge >= 0.3 is 0 Å². The molecule has 1 saturated heterocycles. The van der Waals surface area contributed by atoms with E-state index in [1.165, 1.54) is 12.1 Å². The van der Waals surface area contributed by atoms with E-state index in [2.05, 4.69) is 10.3 Å². The molecule has 0 radical (unpaired) electrons. The van der Waals surface area contributed by atoms with Gasteiger partial charge in [0.05, 0.1) is 17.0 Å². The minimum Gasteiger partial charge on any atom is -0.348 e. The van der Waals surface area contributed by atoms with Gasteiger partial charge in [-0.1, -0.05) is 11.6 Å². The van der Waals surface area contributed by atoms with Crippen LogP contribution in [0.15, 0.2) is 60.8 Å². The summed E-state index contributed by atoms with van der Waals surface area (Å²) >= 11 is 6.32. The molecule has 4 aromatic rings. The van der Waals surface area contributed by atoms with E-state index in [4.69, 9.17) is 16.7 Å². The van der Waals surface area contributed by atoms with Crippen molar-refractivity contribution in [3.8, 4) is 16.9 Å². The lowest BCUT2D eigenvalue weighted by molar-refractivity contribution is 0.0941. The van der Waals surface area contributed by atoms with Crippen molar-refractivity contribution in [2.45, 2.75) is 12.5 Å². The molecule has 1 amide bonds. The number of amides is 1. The second kappa shape index (κ2) is 8.42. The van der Waals surface area contributed by atoms with Gasteiger partial charge in [0.1, 0.15) is 16.7 Å². The van der Waals surface area contributed by atoms with Gasteiger partial charge in [0, 0.05) is 34.5 Å². The van der Waals surface area contributed by atoms with Gasteiger partial charge in [-0.25, -0.2) is 14.1 Å². The van der Waals surface area contributed by atoms with E-state index in [0.29, 0.717) is 45.4 Å². The van der Waals surface area contributed by atoms with E-state index in [1.807, 2.05) is 6.07 Å². The van der Waals surface area contributed by atoms with Crippen LogP contribution in [0.4, 0.5) is 4.39 Å². The summed E-state index contributed by atoms with van der Waals surface area (Å²) in [5, 5.41) is 8.65. The molecule has 3 heterocycles. The summed E-state index contributed by atoms with van der Waals surface area (Å²) in [5.74, 6) is -0.220. The van der Waals surface area contributed by atoms with Crippen LogP contribution in [-0.4, -0.2) is 47.3 Å². The normalized spacial score (nSPS) is 18.4. The second-order valence-electron chi connectivity index (χ2n) is 7.94. The highest BCUT2D eigenvalue weighted by atomic mass is 35.5. The second-order valence-corrected chi connectivity index (χ2v) is 10.6. The number of nitrogens with one attached hydrogen (secondary N) is 1. The number of benzene rings is 2. The monoisotopic (exact) mass is 486 g/mol. The molecule has 7 nitrogen and oxygen atoms in total. The van der Waals surface area contributed by atoms with Crippen molar-refractivity contribution >= 4 is 39.0 Å². The maximum Gasteiger partial charge on any atom is 0.251 e. The number of hydrogen-bond donors (Lipinski definition) is 3. The molecule has 0 saturated carbocycles. The molecule has 1 atom stereocenters. The molecular formula is C23H20ClFN4O3S. The Morgan fingerprint density at radius 2 is 1.97 bits per heavy atom. The number of pyridine rings is 1. The molecule has 5 rings (SSSR count). The molecule has 0 bridgehead atoms. The Morgan fingerprint density at radius 3 is 2.67 bits per heavy atom. The van der Waals surface area contributed by atoms with Gasteiger partial charge in [-0.05, 0) is 61.0 Å². The molecule has 1 unspecified atom stereocenters. The summed E-state index contributed by atoms with van der Waals surface area (Å²) in [6.07, 6.45) is 2.11. The summed E-state index contributed by atoms with van der Waals surface area (Å²) in [7, 11) is -2.61. The first-order chi connectivity index (χ1) is 15.8. The number of halogens is 2. The van der Waals surface area contributed by atoms with Gasteiger partial charge in [0.2, 0.25) is 0 Å². The lowest BCUT2D eigenvalue weighted by atomic mass is 10.1. The van der Waals surface area contributed by atoms with Crippen molar-refractivity contribution in [3.63, 3.8) is 0 Å². The molecule has 0 spiro atoms. The molecule has 170 valence electrons. The van der Waals surface area contributed by atoms with Crippen molar-refractivity contribution in [3.05, 3.63) is 77.3 Å². The van der Waals surface area contributed by atoms with E-state index >= 15 is 0 Å². The van der Waals surface area contributed by atoms with Gasteiger partial charge in [-0.15, -0.1) is 0 Å². The molecule has 0 aliphatic carbocycles. The van der Waals surface area contributed by atoms with Gasteiger partial charge in [-0.2, -0.15) is 15.7 Å². The zero-order valence-electron chi connectivity index (χ0n) is 17.3. The van der Waals surface area contributed by atoms with E-state index in [-0.39, 0.29) is 23.5 Å². The number of hydrogen-bond acceptors (Lipinski definition) is 5. The minimum absolute atomic E-state index is 0.165.